The molecular weight excluding hydrogens is 292 g/mol. The van der Waals surface area contributed by atoms with Crippen LogP contribution >= 0.6 is 0 Å². The number of carbonyl (C=O) groups excluding carboxylic acids is 1. The summed E-state index contributed by atoms with van der Waals surface area (Å²) in [6.07, 6.45) is -0.135. The number of carboxylic acid groups (broad SMARTS) is 1. The van der Waals surface area contributed by atoms with Crippen molar-refractivity contribution in [2.75, 3.05) is 13.1 Å². The maximum absolute atomic E-state index is 12.5. The Morgan fingerprint density at radius 3 is 2.41 bits per heavy atom. The molecule has 8 heteroatoms. The van der Waals surface area contributed by atoms with Gasteiger partial charge in [-0.15, -0.1) is 0 Å². The van der Waals surface area contributed by atoms with Crippen LogP contribution in [0.2, 0.25) is 0 Å². The van der Waals surface area contributed by atoms with E-state index in [1.54, 1.807) is 0 Å². The van der Waals surface area contributed by atoms with E-state index in [1.807, 2.05) is 0 Å². The molecule has 1 amide bonds. The molecule has 0 saturated carbocycles. The number of piperidine rings is 1. The lowest BCUT2D eigenvalue weighted by atomic mass is 9.91. The Balaban J connectivity index is 2.19. The van der Waals surface area contributed by atoms with Gasteiger partial charge >= 0.3 is 5.97 Å². The number of rotatable bonds is 3. The van der Waals surface area contributed by atoms with Gasteiger partial charge in [0.25, 0.3) is 11.6 Å². The minimum atomic E-state index is -1.81. The normalized spacial score (nSPS) is 17.1. The van der Waals surface area contributed by atoms with E-state index >= 15 is 0 Å². The van der Waals surface area contributed by atoms with Gasteiger partial charge in [-0.3, -0.25) is 14.9 Å². The molecule has 1 heterocycles. The van der Waals surface area contributed by atoms with Crippen LogP contribution in [0.4, 0.5) is 5.69 Å². The first-order valence-corrected chi connectivity index (χ1v) is 6.75. The highest BCUT2D eigenvalue weighted by molar-refractivity contribution is 5.96. The molecule has 0 radical (unpaired) electrons. The van der Waals surface area contributed by atoms with E-state index in [2.05, 4.69) is 0 Å². The Morgan fingerprint density at radius 2 is 1.91 bits per heavy atom. The van der Waals surface area contributed by atoms with E-state index in [0.29, 0.717) is 0 Å². The van der Waals surface area contributed by atoms with Gasteiger partial charge in [0, 0.05) is 43.1 Å². The molecule has 0 bridgehead atoms. The molecule has 2 N–H and O–H groups in total. The van der Waals surface area contributed by atoms with Crippen LogP contribution in [0.5, 0.6) is 0 Å². The quantitative estimate of drug-likeness (QED) is 0.633. The number of benzene rings is 1. The van der Waals surface area contributed by atoms with Gasteiger partial charge in [-0.2, -0.15) is 0 Å². The predicted molar refractivity (Wildman–Crippen MR) is 75.6 cm³/mol. The summed E-state index contributed by atoms with van der Waals surface area (Å²) in [7, 11) is 0. The molecule has 0 aliphatic carbocycles. The Hall–Kier alpha value is -2.48. The van der Waals surface area contributed by atoms with Gasteiger partial charge in [-0.25, -0.2) is 4.79 Å². The number of hydrogen-bond donors (Lipinski definition) is 2. The molecule has 8 nitrogen and oxygen atoms in total. The first-order valence-electron chi connectivity index (χ1n) is 6.75. The second kappa shape index (κ2) is 5.72. The largest absolute Gasteiger partial charge is 0.479 e. The zero-order valence-electron chi connectivity index (χ0n) is 12.0. The number of likely N-dealkylation sites (tertiary alicyclic amines) is 1. The van der Waals surface area contributed by atoms with Crippen molar-refractivity contribution in [2.24, 2.45) is 0 Å². The number of aliphatic carboxylic acids is 1. The molecule has 22 heavy (non-hydrogen) atoms. The first-order chi connectivity index (χ1) is 10.3. The number of nitro groups is 1. The van der Waals surface area contributed by atoms with Crippen molar-refractivity contribution < 1.29 is 24.7 Å². The Morgan fingerprint density at radius 1 is 1.32 bits per heavy atom. The highest BCUT2D eigenvalue weighted by atomic mass is 16.6. The Bertz CT molecular complexity index is 634. The van der Waals surface area contributed by atoms with E-state index in [0.717, 1.165) is 0 Å². The molecule has 0 spiro atoms. The monoisotopic (exact) mass is 308 g/mol. The molecule has 1 aromatic carbocycles. The molecule has 2 rings (SSSR count). The molecule has 1 aliphatic rings. The van der Waals surface area contributed by atoms with Crippen molar-refractivity contribution in [3.63, 3.8) is 0 Å². The summed E-state index contributed by atoms with van der Waals surface area (Å²) in [5.41, 5.74) is -1.45. The summed E-state index contributed by atoms with van der Waals surface area (Å²) in [5.74, 6) is -1.69. The van der Waals surface area contributed by atoms with E-state index < -0.39 is 22.4 Å². The fourth-order valence-corrected chi connectivity index (χ4v) is 2.52. The number of carbonyl (C=O) groups is 2. The number of amides is 1. The van der Waals surface area contributed by atoms with E-state index in [4.69, 9.17) is 5.11 Å². The molecule has 1 aliphatic heterocycles. The fraction of sp³-hybridized carbons (Fsp3) is 0.429. The summed E-state index contributed by atoms with van der Waals surface area (Å²) < 4.78 is 0. The molecule has 1 aromatic rings. The molecule has 1 fully saturated rings. The molecule has 0 unspecified atom stereocenters. The molecule has 118 valence electrons. The van der Waals surface area contributed by atoms with Crippen molar-refractivity contribution in [1.29, 1.82) is 0 Å². The van der Waals surface area contributed by atoms with E-state index in [-0.39, 0.29) is 42.7 Å². The summed E-state index contributed by atoms with van der Waals surface area (Å²) in [5, 5.41) is 29.7. The molecule has 1 saturated heterocycles. The van der Waals surface area contributed by atoms with Gasteiger partial charge in [0.2, 0.25) is 0 Å². The third kappa shape index (κ3) is 2.77. The van der Waals surface area contributed by atoms with Crippen molar-refractivity contribution in [3.8, 4) is 0 Å². The van der Waals surface area contributed by atoms with Crippen molar-refractivity contribution in [1.82, 2.24) is 4.90 Å². The van der Waals surface area contributed by atoms with Crippen LogP contribution in [-0.2, 0) is 4.79 Å². The van der Waals surface area contributed by atoms with Gasteiger partial charge in [-0.05, 0) is 13.0 Å². The number of carboxylic acids is 1. The SMILES string of the molecule is Cc1c(C(=O)N2CCC(O)(C(=O)O)CC2)cccc1[N+](=O)[O-]. The predicted octanol–water partition coefficient (Wildman–Crippen LogP) is 0.955. The van der Waals surface area contributed by atoms with Gasteiger partial charge in [0.05, 0.1) is 4.92 Å². The number of hydrogen-bond acceptors (Lipinski definition) is 5. The maximum Gasteiger partial charge on any atom is 0.335 e. The summed E-state index contributed by atoms with van der Waals surface area (Å²) in [6, 6.07) is 4.27. The van der Waals surface area contributed by atoms with Gasteiger partial charge in [-0.1, -0.05) is 6.07 Å². The van der Waals surface area contributed by atoms with E-state index in [9.17, 15) is 24.8 Å². The van der Waals surface area contributed by atoms with Gasteiger partial charge < -0.3 is 15.1 Å². The zero-order valence-corrected chi connectivity index (χ0v) is 12.0. The van der Waals surface area contributed by atoms with Crippen LogP contribution in [0.25, 0.3) is 0 Å². The van der Waals surface area contributed by atoms with E-state index in [1.165, 1.54) is 30.0 Å². The zero-order chi connectivity index (χ0) is 16.5. The third-order valence-corrected chi connectivity index (χ3v) is 4.01. The third-order valence-electron chi connectivity index (χ3n) is 4.01. The van der Waals surface area contributed by atoms with Crippen LogP contribution in [0.15, 0.2) is 18.2 Å². The van der Waals surface area contributed by atoms with Gasteiger partial charge in [0.15, 0.2) is 5.60 Å². The lowest BCUT2D eigenvalue weighted by Crippen LogP contribution is -2.50. The summed E-state index contributed by atoms with van der Waals surface area (Å²) in [4.78, 5) is 35.2. The minimum Gasteiger partial charge on any atom is -0.479 e. The second-order valence-electron chi connectivity index (χ2n) is 5.34. The van der Waals surface area contributed by atoms with Crippen molar-refractivity contribution in [2.45, 2.75) is 25.4 Å². The Kier molecular flexibility index (Phi) is 4.14. The molecular formula is C14H16N2O6. The number of aliphatic hydroxyl groups is 1. The topological polar surface area (TPSA) is 121 Å². The summed E-state index contributed by atoms with van der Waals surface area (Å²) in [6.45, 7) is 1.68. The smallest absolute Gasteiger partial charge is 0.335 e. The van der Waals surface area contributed by atoms with Crippen LogP contribution in [0.1, 0.15) is 28.8 Å². The van der Waals surface area contributed by atoms with Crippen LogP contribution in [0, 0.1) is 17.0 Å². The van der Waals surface area contributed by atoms with Crippen molar-refractivity contribution in [3.05, 3.63) is 39.4 Å². The highest BCUT2D eigenvalue weighted by Gasteiger charge is 2.40. The second-order valence-corrected chi connectivity index (χ2v) is 5.34. The van der Waals surface area contributed by atoms with Crippen LogP contribution in [0.3, 0.4) is 0 Å². The number of nitro benzene ring substituents is 1. The lowest BCUT2D eigenvalue weighted by molar-refractivity contribution is -0.385. The number of nitrogens with zero attached hydrogens (tertiary/aromatic N) is 2. The average molecular weight is 308 g/mol. The van der Waals surface area contributed by atoms with Crippen LogP contribution < -0.4 is 0 Å². The maximum atomic E-state index is 12.5. The molecule has 0 aromatic heterocycles. The molecule has 0 atom stereocenters. The lowest BCUT2D eigenvalue weighted by Gasteiger charge is -2.35. The minimum absolute atomic E-state index is 0.0674. The van der Waals surface area contributed by atoms with Crippen LogP contribution in [-0.4, -0.2) is 50.6 Å². The van der Waals surface area contributed by atoms with Crippen molar-refractivity contribution >= 4 is 17.6 Å². The first kappa shape index (κ1) is 15.9. The fourth-order valence-electron chi connectivity index (χ4n) is 2.52. The highest BCUT2D eigenvalue weighted by Crippen LogP contribution is 2.26. The van der Waals surface area contributed by atoms with Gasteiger partial charge in [0.1, 0.15) is 0 Å². The average Bonchev–Trinajstić information content (AvgIpc) is 2.47. The summed E-state index contributed by atoms with van der Waals surface area (Å²) >= 11 is 0. The standard InChI is InChI=1S/C14H16N2O6/c1-9-10(3-2-4-11(9)16(21)22)12(17)15-7-5-14(20,6-8-15)13(18)19/h2-4,20H,5-8H2,1H3,(H,18,19). The Labute approximate surface area is 126 Å².